The van der Waals surface area contributed by atoms with Crippen LogP contribution in [0.15, 0.2) is 18.2 Å². The molecule has 1 amide bonds. The largest absolute Gasteiger partial charge is 0.486 e. The van der Waals surface area contributed by atoms with Crippen LogP contribution < -0.4 is 14.8 Å². The first-order valence-corrected chi connectivity index (χ1v) is 6.79. The van der Waals surface area contributed by atoms with Gasteiger partial charge in [0.05, 0.1) is 0 Å². The van der Waals surface area contributed by atoms with Gasteiger partial charge >= 0.3 is 0 Å². The molecule has 1 N–H and O–H groups in total. The van der Waals surface area contributed by atoms with Crippen molar-refractivity contribution in [1.29, 1.82) is 0 Å². The van der Waals surface area contributed by atoms with Gasteiger partial charge in [0.25, 0.3) is 0 Å². The smallest absolute Gasteiger partial charge is 0.234 e. The van der Waals surface area contributed by atoms with Crippen molar-refractivity contribution in [3.8, 4) is 11.5 Å². The number of alkyl halides is 1. The highest BCUT2D eigenvalue weighted by molar-refractivity contribution is 6.27. The minimum atomic E-state index is -0.197. The highest BCUT2D eigenvalue weighted by atomic mass is 35.5. The molecule has 19 heavy (non-hydrogen) atoms. The van der Waals surface area contributed by atoms with Crippen molar-refractivity contribution in [3.05, 3.63) is 23.8 Å². The number of carbonyl (C=O) groups excluding carboxylic acids is 1. The van der Waals surface area contributed by atoms with Crippen LogP contribution in [-0.2, 0) is 10.2 Å². The topological polar surface area (TPSA) is 47.6 Å². The molecule has 0 saturated heterocycles. The number of halogens is 1. The van der Waals surface area contributed by atoms with Crippen LogP contribution in [-0.4, -0.2) is 31.5 Å². The van der Waals surface area contributed by atoms with Gasteiger partial charge < -0.3 is 14.8 Å². The SMILES string of the molecule is CC(C)(CNC(=O)CCl)c1ccc2c(c1)OCCO2. The minimum absolute atomic E-state index is 0.0166. The Kier molecular flexibility index (Phi) is 4.20. The summed E-state index contributed by atoms with van der Waals surface area (Å²) in [5, 5.41) is 2.81. The number of ether oxygens (including phenoxy) is 2. The Balaban J connectivity index is 2.13. The van der Waals surface area contributed by atoms with E-state index in [9.17, 15) is 4.79 Å². The number of carbonyl (C=O) groups is 1. The summed E-state index contributed by atoms with van der Waals surface area (Å²) in [6.45, 7) is 5.80. The van der Waals surface area contributed by atoms with Crippen molar-refractivity contribution in [2.24, 2.45) is 0 Å². The average Bonchev–Trinajstić information content (AvgIpc) is 2.44. The number of hydrogen-bond acceptors (Lipinski definition) is 3. The first kappa shape index (κ1) is 14.0. The standard InChI is InChI=1S/C14H18ClNO3/c1-14(2,9-16-13(17)8-15)10-3-4-11-12(7-10)19-6-5-18-11/h3-4,7H,5-6,8-9H2,1-2H3,(H,16,17). The van der Waals surface area contributed by atoms with Crippen molar-refractivity contribution >= 4 is 17.5 Å². The molecule has 0 atom stereocenters. The van der Waals surface area contributed by atoms with E-state index < -0.39 is 0 Å². The molecular weight excluding hydrogens is 266 g/mol. The normalized spacial score (nSPS) is 14.1. The van der Waals surface area contributed by atoms with Crippen molar-refractivity contribution in [3.63, 3.8) is 0 Å². The average molecular weight is 284 g/mol. The third kappa shape index (κ3) is 3.32. The maximum absolute atomic E-state index is 11.2. The van der Waals surface area contributed by atoms with Gasteiger partial charge in [0, 0.05) is 12.0 Å². The first-order valence-electron chi connectivity index (χ1n) is 6.26. The molecule has 1 aliphatic rings. The van der Waals surface area contributed by atoms with Crippen LogP contribution in [0.25, 0.3) is 0 Å². The second-order valence-electron chi connectivity index (χ2n) is 5.15. The van der Waals surface area contributed by atoms with E-state index in [4.69, 9.17) is 21.1 Å². The Bertz CT molecular complexity index is 474. The first-order chi connectivity index (χ1) is 9.03. The number of fused-ring (bicyclic) bond motifs is 1. The molecule has 0 bridgehead atoms. The van der Waals surface area contributed by atoms with Gasteiger partial charge in [-0.15, -0.1) is 11.6 Å². The molecular formula is C14H18ClNO3. The Hall–Kier alpha value is -1.42. The summed E-state index contributed by atoms with van der Waals surface area (Å²) in [6.07, 6.45) is 0. The lowest BCUT2D eigenvalue weighted by Gasteiger charge is -2.27. The van der Waals surface area contributed by atoms with Gasteiger partial charge in [-0.2, -0.15) is 0 Å². The highest BCUT2D eigenvalue weighted by Crippen LogP contribution is 2.34. The van der Waals surface area contributed by atoms with Crippen LogP contribution in [0.3, 0.4) is 0 Å². The summed E-state index contributed by atoms with van der Waals surface area (Å²) in [6, 6.07) is 5.89. The maximum Gasteiger partial charge on any atom is 0.234 e. The molecule has 2 rings (SSSR count). The Morgan fingerprint density at radius 3 is 2.68 bits per heavy atom. The Morgan fingerprint density at radius 2 is 2.00 bits per heavy atom. The fourth-order valence-corrected chi connectivity index (χ4v) is 2.03. The fourth-order valence-electron chi connectivity index (χ4n) is 1.93. The zero-order valence-electron chi connectivity index (χ0n) is 11.2. The van der Waals surface area contributed by atoms with Crippen LogP contribution in [0.4, 0.5) is 0 Å². The van der Waals surface area contributed by atoms with Crippen LogP contribution in [0.1, 0.15) is 19.4 Å². The third-order valence-electron chi connectivity index (χ3n) is 3.17. The molecule has 0 spiro atoms. The summed E-state index contributed by atoms with van der Waals surface area (Å²) in [5.41, 5.74) is 0.893. The number of rotatable bonds is 4. The lowest BCUT2D eigenvalue weighted by atomic mass is 9.84. The zero-order chi connectivity index (χ0) is 13.9. The molecule has 0 aliphatic carbocycles. The van der Waals surface area contributed by atoms with E-state index in [1.54, 1.807) is 0 Å². The van der Waals surface area contributed by atoms with Crippen LogP contribution in [0, 0.1) is 0 Å². The van der Waals surface area contributed by atoms with Crippen molar-refractivity contribution in [2.45, 2.75) is 19.3 Å². The van der Waals surface area contributed by atoms with Gasteiger partial charge in [0.1, 0.15) is 19.1 Å². The number of hydrogen-bond donors (Lipinski definition) is 1. The molecule has 5 heteroatoms. The van der Waals surface area contributed by atoms with E-state index in [0.717, 1.165) is 17.1 Å². The second kappa shape index (κ2) is 5.70. The fraction of sp³-hybridized carbons (Fsp3) is 0.500. The van der Waals surface area contributed by atoms with Gasteiger partial charge in [0.15, 0.2) is 11.5 Å². The van der Waals surface area contributed by atoms with E-state index in [2.05, 4.69) is 19.2 Å². The monoisotopic (exact) mass is 283 g/mol. The second-order valence-corrected chi connectivity index (χ2v) is 5.42. The summed E-state index contributed by atoms with van der Waals surface area (Å²) in [4.78, 5) is 11.2. The van der Waals surface area contributed by atoms with E-state index >= 15 is 0 Å². The summed E-state index contributed by atoms with van der Waals surface area (Å²) < 4.78 is 11.1. The van der Waals surface area contributed by atoms with E-state index in [-0.39, 0.29) is 17.2 Å². The highest BCUT2D eigenvalue weighted by Gasteiger charge is 2.23. The minimum Gasteiger partial charge on any atom is -0.486 e. The van der Waals surface area contributed by atoms with E-state index in [0.29, 0.717) is 19.8 Å². The molecule has 1 aromatic carbocycles. The van der Waals surface area contributed by atoms with Gasteiger partial charge in [-0.3, -0.25) is 4.79 Å². The number of benzene rings is 1. The van der Waals surface area contributed by atoms with Crippen molar-refractivity contribution in [2.75, 3.05) is 25.6 Å². The number of amides is 1. The van der Waals surface area contributed by atoms with Crippen LogP contribution >= 0.6 is 11.6 Å². The Morgan fingerprint density at radius 1 is 1.32 bits per heavy atom. The van der Waals surface area contributed by atoms with Crippen molar-refractivity contribution in [1.82, 2.24) is 5.32 Å². The van der Waals surface area contributed by atoms with Gasteiger partial charge in [0.2, 0.25) is 5.91 Å². The lowest BCUT2D eigenvalue weighted by Crippen LogP contribution is -2.37. The molecule has 0 radical (unpaired) electrons. The number of nitrogens with one attached hydrogen (secondary N) is 1. The zero-order valence-corrected chi connectivity index (χ0v) is 11.9. The third-order valence-corrected chi connectivity index (χ3v) is 3.42. The predicted octanol–water partition coefficient (Wildman–Crippen LogP) is 2.09. The van der Waals surface area contributed by atoms with Gasteiger partial charge in [-0.05, 0) is 17.7 Å². The molecule has 1 aliphatic heterocycles. The van der Waals surface area contributed by atoms with Crippen LogP contribution in [0.2, 0.25) is 0 Å². The molecule has 1 heterocycles. The van der Waals surface area contributed by atoms with Gasteiger partial charge in [-0.25, -0.2) is 0 Å². The lowest BCUT2D eigenvalue weighted by molar-refractivity contribution is -0.118. The quantitative estimate of drug-likeness (QED) is 0.861. The summed E-state index contributed by atoms with van der Waals surface area (Å²) >= 11 is 5.47. The van der Waals surface area contributed by atoms with E-state index in [1.165, 1.54) is 0 Å². The predicted molar refractivity (Wildman–Crippen MR) is 74.2 cm³/mol. The van der Waals surface area contributed by atoms with Crippen molar-refractivity contribution < 1.29 is 14.3 Å². The maximum atomic E-state index is 11.2. The molecule has 1 aromatic rings. The van der Waals surface area contributed by atoms with Crippen LogP contribution in [0.5, 0.6) is 11.5 Å². The summed E-state index contributed by atoms with van der Waals surface area (Å²) in [5.74, 6) is 1.36. The van der Waals surface area contributed by atoms with E-state index in [1.807, 2.05) is 18.2 Å². The molecule has 104 valence electrons. The molecule has 0 unspecified atom stereocenters. The Labute approximate surface area is 118 Å². The van der Waals surface area contributed by atoms with Gasteiger partial charge in [-0.1, -0.05) is 19.9 Å². The molecule has 0 fully saturated rings. The molecule has 0 aromatic heterocycles. The summed E-state index contributed by atoms with van der Waals surface area (Å²) in [7, 11) is 0. The molecule has 0 saturated carbocycles. The molecule has 4 nitrogen and oxygen atoms in total.